The molecule has 0 bridgehead atoms. The molecule has 4 nitrogen and oxygen atoms in total. The predicted octanol–water partition coefficient (Wildman–Crippen LogP) is 2.25. The van der Waals surface area contributed by atoms with Crippen LogP contribution in [0.4, 0.5) is 5.82 Å². The standard InChI is InChI=1S/C11H13N3O/c1-7(2)8-3-4-9-10(5-8)13-14-11(9)12-6-15/h3-7H,1-2H3,(H2,12,13,14,15). The summed E-state index contributed by atoms with van der Waals surface area (Å²) in [6, 6.07) is 6.08. The highest BCUT2D eigenvalue weighted by atomic mass is 16.1. The molecule has 0 saturated carbocycles. The Labute approximate surface area is 87.7 Å². The molecule has 0 atom stereocenters. The number of rotatable bonds is 3. The van der Waals surface area contributed by atoms with E-state index >= 15 is 0 Å². The van der Waals surface area contributed by atoms with Crippen LogP contribution in [-0.2, 0) is 4.79 Å². The van der Waals surface area contributed by atoms with Gasteiger partial charge in [-0.3, -0.25) is 9.89 Å². The van der Waals surface area contributed by atoms with E-state index in [2.05, 4.69) is 41.5 Å². The third-order valence-corrected chi connectivity index (χ3v) is 2.45. The van der Waals surface area contributed by atoms with Crippen LogP contribution in [0.3, 0.4) is 0 Å². The van der Waals surface area contributed by atoms with E-state index in [1.807, 2.05) is 6.07 Å². The Morgan fingerprint density at radius 1 is 1.47 bits per heavy atom. The first kappa shape index (κ1) is 9.71. The molecule has 15 heavy (non-hydrogen) atoms. The van der Waals surface area contributed by atoms with Gasteiger partial charge in [-0.15, -0.1) is 0 Å². The van der Waals surface area contributed by atoms with E-state index in [1.165, 1.54) is 5.56 Å². The van der Waals surface area contributed by atoms with Crippen molar-refractivity contribution in [2.75, 3.05) is 5.32 Å². The summed E-state index contributed by atoms with van der Waals surface area (Å²) in [5.74, 6) is 1.07. The van der Waals surface area contributed by atoms with Gasteiger partial charge in [0.15, 0.2) is 5.82 Å². The monoisotopic (exact) mass is 203 g/mol. The molecule has 0 unspecified atom stereocenters. The van der Waals surface area contributed by atoms with Gasteiger partial charge in [-0.2, -0.15) is 5.10 Å². The molecule has 0 saturated heterocycles. The molecular weight excluding hydrogens is 190 g/mol. The van der Waals surface area contributed by atoms with Gasteiger partial charge >= 0.3 is 0 Å². The lowest BCUT2D eigenvalue weighted by Crippen LogP contribution is -1.93. The zero-order chi connectivity index (χ0) is 10.8. The van der Waals surface area contributed by atoms with Gasteiger partial charge in [-0.1, -0.05) is 19.9 Å². The molecule has 78 valence electrons. The fraction of sp³-hybridized carbons (Fsp3) is 0.273. The van der Waals surface area contributed by atoms with Gasteiger partial charge in [0.05, 0.1) is 5.52 Å². The highest BCUT2D eigenvalue weighted by molar-refractivity contribution is 5.93. The number of aromatic amines is 1. The van der Waals surface area contributed by atoms with Crippen LogP contribution in [0.25, 0.3) is 10.9 Å². The van der Waals surface area contributed by atoms with E-state index in [0.29, 0.717) is 18.1 Å². The second kappa shape index (κ2) is 3.73. The molecule has 2 N–H and O–H groups in total. The van der Waals surface area contributed by atoms with Crippen molar-refractivity contribution in [2.45, 2.75) is 19.8 Å². The number of hydrogen-bond acceptors (Lipinski definition) is 2. The van der Waals surface area contributed by atoms with Crippen molar-refractivity contribution >= 4 is 23.1 Å². The van der Waals surface area contributed by atoms with Crippen LogP contribution in [0.2, 0.25) is 0 Å². The maximum Gasteiger partial charge on any atom is 0.212 e. The van der Waals surface area contributed by atoms with Gasteiger partial charge in [0.1, 0.15) is 0 Å². The summed E-state index contributed by atoms with van der Waals surface area (Å²) in [5, 5.41) is 10.4. The Balaban J connectivity index is 2.51. The van der Waals surface area contributed by atoms with Crippen LogP contribution < -0.4 is 5.32 Å². The van der Waals surface area contributed by atoms with Gasteiger partial charge in [0.2, 0.25) is 6.41 Å². The number of benzene rings is 1. The third kappa shape index (κ3) is 1.70. The average Bonchev–Trinajstić information content (AvgIpc) is 2.61. The lowest BCUT2D eigenvalue weighted by molar-refractivity contribution is -0.105. The first-order valence-electron chi connectivity index (χ1n) is 4.90. The lowest BCUT2D eigenvalue weighted by atomic mass is 10.0. The van der Waals surface area contributed by atoms with Crippen molar-refractivity contribution in [3.63, 3.8) is 0 Å². The van der Waals surface area contributed by atoms with Crippen molar-refractivity contribution in [2.24, 2.45) is 0 Å². The first-order valence-corrected chi connectivity index (χ1v) is 4.90. The summed E-state index contributed by atoms with van der Waals surface area (Å²) in [4.78, 5) is 10.3. The van der Waals surface area contributed by atoms with Crippen molar-refractivity contribution in [3.05, 3.63) is 23.8 Å². The van der Waals surface area contributed by atoms with Gasteiger partial charge in [-0.25, -0.2) is 0 Å². The third-order valence-electron chi connectivity index (χ3n) is 2.45. The fourth-order valence-electron chi connectivity index (χ4n) is 1.56. The number of amides is 1. The van der Waals surface area contributed by atoms with Crippen molar-refractivity contribution in [3.8, 4) is 0 Å². The number of fused-ring (bicyclic) bond motifs is 1. The molecule has 0 fully saturated rings. The van der Waals surface area contributed by atoms with Crippen molar-refractivity contribution in [1.29, 1.82) is 0 Å². The van der Waals surface area contributed by atoms with Gasteiger partial charge < -0.3 is 5.32 Å². The Morgan fingerprint density at radius 3 is 2.93 bits per heavy atom. The lowest BCUT2D eigenvalue weighted by Gasteiger charge is -2.04. The maximum absolute atomic E-state index is 10.3. The number of nitrogens with zero attached hydrogens (tertiary/aromatic N) is 1. The molecule has 2 aromatic rings. The summed E-state index contributed by atoms with van der Waals surface area (Å²) in [6.45, 7) is 4.28. The number of nitrogens with one attached hydrogen (secondary N) is 2. The molecule has 1 aromatic heterocycles. The number of anilines is 1. The molecule has 1 heterocycles. The zero-order valence-corrected chi connectivity index (χ0v) is 8.74. The topological polar surface area (TPSA) is 57.8 Å². The van der Waals surface area contributed by atoms with E-state index in [4.69, 9.17) is 0 Å². The van der Waals surface area contributed by atoms with Gasteiger partial charge in [0.25, 0.3) is 0 Å². The average molecular weight is 203 g/mol. The fourth-order valence-corrected chi connectivity index (χ4v) is 1.56. The number of aromatic nitrogens is 2. The molecule has 1 amide bonds. The highest BCUT2D eigenvalue weighted by Crippen LogP contribution is 2.24. The Kier molecular flexibility index (Phi) is 2.41. The van der Waals surface area contributed by atoms with E-state index < -0.39 is 0 Å². The molecule has 2 rings (SSSR count). The molecule has 0 aliphatic carbocycles. The first-order chi connectivity index (χ1) is 7.22. The molecule has 0 aliphatic heterocycles. The summed E-state index contributed by atoms with van der Waals surface area (Å²) in [7, 11) is 0. The minimum Gasteiger partial charge on any atom is -0.311 e. The number of hydrogen-bond donors (Lipinski definition) is 2. The zero-order valence-electron chi connectivity index (χ0n) is 8.74. The summed E-state index contributed by atoms with van der Waals surface area (Å²) in [6.07, 6.45) is 0.631. The van der Waals surface area contributed by atoms with Crippen LogP contribution in [0.1, 0.15) is 25.3 Å². The van der Waals surface area contributed by atoms with Crippen LogP contribution >= 0.6 is 0 Å². The van der Waals surface area contributed by atoms with E-state index in [9.17, 15) is 4.79 Å². The predicted molar refractivity (Wildman–Crippen MR) is 59.9 cm³/mol. The minimum atomic E-state index is 0.486. The number of carbonyl (C=O) groups excluding carboxylic acids is 1. The second-order valence-electron chi connectivity index (χ2n) is 3.79. The maximum atomic E-state index is 10.3. The van der Waals surface area contributed by atoms with E-state index in [0.717, 1.165) is 10.9 Å². The van der Waals surface area contributed by atoms with Gasteiger partial charge in [0, 0.05) is 5.39 Å². The quantitative estimate of drug-likeness (QED) is 0.752. The molecule has 4 heteroatoms. The number of H-pyrrole nitrogens is 1. The number of carbonyl (C=O) groups is 1. The SMILES string of the molecule is CC(C)c1ccc2c(NC=O)n[nH]c2c1. The van der Waals surface area contributed by atoms with Crippen LogP contribution in [-0.4, -0.2) is 16.6 Å². The van der Waals surface area contributed by atoms with Crippen LogP contribution in [0, 0.1) is 0 Å². The Bertz CT molecular complexity index is 488. The molecule has 0 spiro atoms. The Morgan fingerprint density at radius 2 is 2.27 bits per heavy atom. The van der Waals surface area contributed by atoms with Gasteiger partial charge in [-0.05, 0) is 23.6 Å². The summed E-state index contributed by atoms with van der Waals surface area (Å²) >= 11 is 0. The summed E-state index contributed by atoms with van der Waals surface area (Å²) in [5.41, 5.74) is 2.20. The van der Waals surface area contributed by atoms with Crippen LogP contribution in [0.15, 0.2) is 18.2 Å². The van der Waals surface area contributed by atoms with E-state index in [1.54, 1.807) is 0 Å². The van der Waals surface area contributed by atoms with Crippen LogP contribution in [0.5, 0.6) is 0 Å². The minimum absolute atomic E-state index is 0.486. The molecule has 0 radical (unpaired) electrons. The smallest absolute Gasteiger partial charge is 0.212 e. The van der Waals surface area contributed by atoms with Crippen molar-refractivity contribution in [1.82, 2.24) is 10.2 Å². The normalized spacial score (nSPS) is 10.9. The Hall–Kier alpha value is -1.84. The summed E-state index contributed by atoms with van der Waals surface area (Å²) < 4.78 is 0. The molecule has 0 aliphatic rings. The van der Waals surface area contributed by atoms with E-state index in [-0.39, 0.29) is 0 Å². The second-order valence-corrected chi connectivity index (χ2v) is 3.79. The molecule has 1 aromatic carbocycles. The highest BCUT2D eigenvalue weighted by Gasteiger charge is 2.06. The van der Waals surface area contributed by atoms with Crippen molar-refractivity contribution < 1.29 is 4.79 Å². The molecular formula is C11H13N3O. The largest absolute Gasteiger partial charge is 0.311 e.